The highest BCUT2D eigenvalue weighted by atomic mass is 16.6. The van der Waals surface area contributed by atoms with Gasteiger partial charge < -0.3 is 14.2 Å². The third-order valence-corrected chi connectivity index (χ3v) is 12.0. The largest absolute Gasteiger partial charge is 0.462 e. The van der Waals surface area contributed by atoms with E-state index >= 15 is 0 Å². The molecule has 0 rings (SSSR count). The minimum atomic E-state index is -0.793. The number of rotatable bonds is 51. The molecule has 0 fully saturated rings. The third kappa shape index (κ3) is 55.0. The standard InChI is InChI=1S/C64H106O6/c1-4-7-10-13-16-19-22-24-26-28-29-30-31-32-33-34-35-37-38-40-42-45-48-51-54-57-63(66)69-60-61(59-68-62(65)56-53-50-47-44-21-18-15-12-9-6-3)70-64(67)58-55-52-49-46-43-41-39-36-27-25-23-20-17-14-11-8-5-2/h7-8,10-11,16-17,19-20,24-27,29-30,32-33,39,41,61H,4-6,9,12-15,18,21-23,28,31,34-38,40,42-60H2,1-3H3/b10-7-,11-8-,19-16-,20-17-,26-24-,27-25-,30-29-,33-32-,41-39-. The lowest BCUT2D eigenvalue weighted by molar-refractivity contribution is -0.167. The zero-order valence-corrected chi connectivity index (χ0v) is 45.5. The summed E-state index contributed by atoms with van der Waals surface area (Å²) in [5.74, 6) is -0.920. The summed E-state index contributed by atoms with van der Waals surface area (Å²) in [6.45, 7) is 6.38. The molecule has 0 aromatic carbocycles. The summed E-state index contributed by atoms with van der Waals surface area (Å²) in [6.07, 6.45) is 78.0. The Kier molecular flexibility index (Phi) is 54.4. The normalized spacial score (nSPS) is 12.9. The van der Waals surface area contributed by atoms with Gasteiger partial charge in [0.2, 0.25) is 0 Å². The Bertz CT molecular complexity index is 1440. The van der Waals surface area contributed by atoms with Crippen molar-refractivity contribution in [2.24, 2.45) is 0 Å². The van der Waals surface area contributed by atoms with Crippen LogP contribution in [0.1, 0.15) is 258 Å². The number of carbonyl (C=O) groups excluding carboxylic acids is 3. The molecule has 70 heavy (non-hydrogen) atoms. The average molecular weight is 972 g/mol. The van der Waals surface area contributed by atoms with E-state index in [4.69, 9.17) is 14.2 Å². The van der Waals surface area contributed by atoms with Crippen molar-refractivity contribution in [2.75, 3.05) is 13.2 Å². The zero-order chi connectivity index (χ0) is 50.7. The van der Waals surface area contributed by atoms with Crippen molar-refractivity contribution in [1.29, 1.82) is 0 Å². The first-order valence-corrected chi connectivity index (χ1v) is 28.9. The van der Waals surface area contributed by atoms with Crippen LogP contribution in [0.5, 0.6) is 0 Å². The van der Waals surface area contributed by atoms with E-state index in [0.29, 0.717) is 19.3 Å². The fourth-order valence-electron chi connectivity index (χ4n) is 7.75. The molecule has 0 amide bonds. The molecule has 0 saturated heterocycles. The highest BCUT2D eigenvalue weighted by molar-refractivity contribution is 5.71. The van der Waals surface area contributed by atoms with E-state index in [1.807, 2.05) is 0 Å². The van der Waals surface area contributed by atoms with Crippen LogP contribution in [-0.2, 0) is 28.6 Å². The predicted octanol–water partition coefficient (Wildman–Crippen LogP) is 19.5. The minimum Gasteiger partial charge on any atom is -0.462 e. The van der Waals surface area contributed by atoms with Crippen molar-refractivity contribution in [3.63, 3.8) is 0 Å². The lowest BCUT2D eigenvalue weighted by Gasteiger charge is -2.18. The molecule has 0 aliphatic rings. The molecule has 1 unspecified atom stereocenters. The Balaban J connectivity index is 4.33. The molecule has 0 radical (unpaired) electrons. The van der Waals surface area contributed by atoms with Crippen LogP contribution in [0.4, 0.5) is 0 Å². The molecular formula is C64H106O6. The van der Waals surface area contributed by atoms with Crippen LogP contribution in [0.15, 0.2) is 109 Å². The van der Waals surface area contributed by atoms with Crippen molar-refractivity contribution >= 4 is 17.9 Å². The molecule has 0 saturated carbocycles. The van der Waals surface area contributed by atoms with Gasteiger partial charge in [0.1, 0.15) is 13.2 Å². The summed E-state index contributed by atoms with van der Waals surface area (Å²) in [5, 5.41) is 0. The topological polar surface area (TPSA) is 78.9 Å². The lowest BCUT2D eigenvalue weighted by atomic mass is 10.1. The summed E-state index contributed by atoms with van der Waals surface area (Å²) in [4.78, 5) is 38.1. The monoisotopic (exact) mass is 971 g/mol. The van der Waals surface area contributed by atoms with Crippen molar-refractivity contribution in [1.82, 2.24) is 0 Å². The average Bonchev–Trinajstić information content (AvgIpc) is 3.36. The predicted molar refractivity (Wildman–Crippen MR) is 302 cm³/mol. The summed E-state index contributed by atoms with van der Waals surface area (Å²) >= 11 is 0. The van der Waals surface area contributed by atoms with Gasteiger partial charge in [-0.2, -0.15) is 0 Å². The van der Waals surface area contributed by atoms with Gasteiger partial charge in [-0.15, -0.1) is 0 Å². The number of ether oxygens (including phenoxy) is 3. The first-order chi connectivity index (χ1) is 34.5. The number of hydrogen-bond acceptors (Lipinski definition) is 6. The molecule has 6 heteroatoms. The van der Waals surface area contributed by atoms with E-state index in [1.165, 1.54) is 83.5 Å². The number of carbonyl (C=O) groups is 3. The van der Waals surface area contributed by atoms with Gasteiger partial charge in [-0.05, 0) is 103 Å². The second kappa shape index (κ2) is 57.6. The maximum Gasteiger partial charge on any atom is 0.306 e. The van der Waals surface area contributed by atoms with Crippen molar-refractivity contribution in [2.45, 2.75) is 264 Å². The van der Waals surface area contributed by atoms with Crippen LogP contribution in [0.2, 0.25) is 0 Å². The molecule has 0 N–H and O–H groups in total. The van der Waals surface area contributed by atoms with E-state index in [1.54, 1.807) is 0 Å². The Hall–Kier alpha value is -3.93. The molecule has 0 aliphatic heterocycles. The first-order valence-electron chi connectivity index (χ1n) is 28.9. The highest BCUT2D eigenvalue weighted by Crippen LogP contribution is 2.15. The molecule has 0 aromatic rings. The highest BCUT2D eigenvalue weighted by Gasteiger charge is 2.19. The molecule has 6 nitrogen and oxygen atoms in total. The summed E-state index contributed by atoms with van der Waals surface area (Å²) in [6, 6.07) is 0. The fourth-order valence-corrected chi connectivity index (χ4v) is 7.75. The van der Waals surface area contributed by atoms with Crippen molar-refractivity contribution in [3.8, 4) is 0 Å². The van der Waals surface area contributed by atoms with Gasteiger partial charge in [0.15, 0.2) is 6.10 Å². The van der Waals surface area contributed by atoms with E-state index < -0.39 is 6.10 Å². The third-order valence-electron chi connectivity index (χ3n) is 12.0. The van der Waals surface area contributed by atoms with Gasteiger partial charge in [0.05, 0.1) is 0 Å². The summed E-state index contributed by atoms with van der Waals surface area (Å²) < 4.78 is 16.8. The van der Waals surface area contributed by atoms with Crippen LogP contribution < -0.4 is 0 Å². The SMILES string of the molecule is CC/C=C\C/C=C\C/C=C\C/C=C\C/C=C\CCCCCCCCCCCC(=O)OCC(COC(=O)CCCCCCCCCCCC)OC(=O)CCCCCC/C=C\C/C=C\C/C=C\C/C=C\CC. The van der Waals surface area contributed by atoms with E-state index in [-0.39, 0.29) is 31.1 Å². The molecule has 0 aromatic heterocycles. The van der Waals surface area contributed by atoms with Crippen LogP contribution in [0, 0.1) is 0 Å². The molecule has 0 spiro atoms. The van der Waals surface area contributed by atoms with Gasteiger partial charge in [-0.25, -0.2) is 0 Å². The smallest absolute Gasteiger partial charge is 0.306 e. The number of esters is 3. The van der Waals surface area contributed by atoms with Gasteiger partial charge in [0.25, 0.3) is 0 Å². The van der Waals surface area contributed by atoms with Crippen LogP contribution in [0.3, 0.4) is 0 Å². The van der Waals surface area contributed by atoms with Crippen LogP contribution in [0.25, 0.3) is 0 Å². The van der Waals surface area contributed by atoms with Gasteiger partial charge in [0, 0.05) is 19.3 Å². The van der Waals surface area contributed by atoms with Crippen molar-refractivity contribution < 1.29 is 28.6 Å². The molecule has 0 aliphatic carbocycles. The Morgan fingerprint density at radius 3 is 0.871 bits per heavy atom. The number of allylic oxidation sites excluding steroid dienone is 18. The van der Waals surface area contributed by atoms with Crippen molar-refractivity contribution in [3.05, 3.63) is 109 Å². The first kappa shape index (κ1) is 66.1. The maximum atomic E-state index is 12.8. The van der Waals surface area contributed by atoms with Gasteiger partial charge in [-0.1, -0.05) is 246 Å². The van der Waals surface area contributed by atoms with Gasteiger partial charge in [-0.3, -0.25) is 14.4 Å². The lowest BCUT2D eigenvalue weighted by Crippen LogP contribution is -2.30. The Morgan fingerprint density at radius 2 is 0.557 bits per heavy atom. The van der Waals surface area contributed by atoms with E-state index in [0.717, 1.165) is 135 Å². The molecule has 0 bridgehead atoms. The molecule has 0 heterocycles. The van der Waals surface area contributed by atoms with Crippen LogP contribution in [-0.4, -0.2) is 37.2 Å². The van der Waals surface area contributed by atoms with E-state index in [2.05, 4.69) is 130 Å². The number of unbranched alkanes of at least 4 members (excludes halogenated alkanes) is 22. The maximum absolute atomic E-state index is 12.8. The van der Waals surface area contributed by atoms with Gasteiger partial charge >= 0.3 is 17.9 Å². The minimum absolute atomic E-state index is 0.0894. The number of hydrogen-bond donors (Lipinski definition) is 0. The Labute approximate surface area is 431 Å². The van der Waals surface area contributed by atoms with E-state index in [9.17, 15) is 14.4 Å². The quantitative estimate of drug-likeness (QED) is 0.0262. The van der Waals surface area contributed by atoms with Crippen LogP contribution >= 0.6 is 0 Å². The summed E-state index contributed by atoms with van der Waals surface area (Å²) in [5.41, 5.74) is 0. The second-order valence-electron chi connectivity index (χ2n) is 18.8. The molecule has 398 valence electrons. The zero-order valence-electron chi connectivity index (χ0n) is 45.5. The second-order valence-corrected chi connectivity index (χ2v) is 18.8. The summed E-state index contributed by atoms with van der Waals surface area (Å²) in [7, 11) is 0. The molecule has 1 atom stereocenters. The fraction of sp³-hybridized carbons (Fsp3) is 0.672. The molecular weight excluding hydrogens is 865 g/mol. The Morgan fingerprint density at radius 1 is 0.300 bits per heavy atom.